The summed E-state index contributed by atoms with van der Waals surface area (Å²) in [6.07, 6.45) is 0. The van der Waals surface area contributed by atoms with Gasteiger partial charge in [0.25, 0.3) is 5.91 Å². The minimum absolute atomic E-state index is 0.0951. The molecule has 2 aromatic carbocycles. The number of carbonyl (C=O) groups is 1. The van der Waals surface area contributed by atoms with E-state index < -0.39 is 0 Å². The van der Waals surface area contributed by atoms with Crippen LogP contribution in [0.4, 0.5) is 5.13 Å². The Hall–Kier alpha value is -2.73. The molecule has 0 N–H and O–H groups in total. The number of piperazine rings is 1. The van der Waals surface area contributed by atoms with Crippen LogP contribution in [0.1, 0.15) is 15.4 Å². The summed E-state index contributed by atoms with van der Waals surface area (Å²) < 4.78 is 0. The summed E-state index contributed by atoms with van der Waals surface area (Å²) in [5.41, 5.74) is 3.02. The van der Waals surface area contributed by atoms with Crippen LogP contribution in [0.3, 0.4) is 0 Å². The Morgan fingerprint density at radius 1 is 0.885 bits per heavy atom. The van der Waals surface area contributed by atoms with Gasteiger partial charge in [0.05, 0.1) is 0 Å². The zero-order chi connectivity index (χ0) is 17.9. The number of anilines is 1. The fraction of sp³-hybridized carbons (Fsp3) is 0.250. The molecule has 0 spiro atoms. The number of amides is 1. The molecule has 1 aromatic heterocycles. The second-order valence-corrected chi connectivity index (χ2v) is 7.49. The van der Waals surface area contributed by atoms with Crippen LogP contribution in [-0.4, -0.2) is 47.2 Å². The van der Waals surface area contributed by atoms with Gasteiger partial charge in [0.2, 0.25) is 5.13 Å². The molecule has 6 heteroatoms. The van der Waals surface area contributed by atoms with E-state index in [9.17, 15) is 4.79 Å². The lowest BCUT2D eigenvalue weighted by Gasteiger charge is -2.34. The molecule has 0 radical (unpaired) electrons. The lowest BCUT2D eigenvalue weighted by molar-refractivity contribution is 0.0747. The van der Waals surface area contributed by atoms with Crippen molar-refractivity contribution in [1.29, 1.82) is 0 Å². The van der Waals surface area contributed by atoms with Gasteiger partial charge < -0.3 is 9.80 Å². The number of hydrogen-bond donors (Lipinski definition) is 0. The van der Waals surface area contributed by atoms with Crippen LogP contribution >= 0.6 is 11.3 Å². The highest BCUT2D eigenvalue weighted by Crippen LogP contribution is 2.22. The maximum atomic E-state index is 12.8. The van der Waals surface area contributed by atoms with Gasteiger partial charge in [-0.2, -0.15) is 0 Å². The van der Waals surface area contributed by atoms with Gasteiger partial charge in [0.1, 0.15) is 5.01 Å². The van der Waals surface area contributed by atoms with Gasteiger partial charge in [0, 0.05) is 31.7 Å². The Labute approximate surface area is 156 Å². The summed E-state index contributed by atoms with van der Waals surface area (Å²) in [5.74, 6) is 0.0951. The van der Waals surface area contributed by atoms with Crippen molar-refractivity contribution >= 4 is 22.4 Å². The first kappa shape index (κ1) is 16.7. The van der Waals surface area contributed by atoms with E-state index in [1.807, 2.05) is 54.3 Å². The van der Waals surface area contributed by atoms with Crippen LogP contribution in [0.2, 0.25) is 0 Å². The number of hydrogen-bond acceptors (Lipinski definition) is 5. The molecule has 0 atom stereocenters. The summed E-state index contributed by atoms with van der Waals surface area (Å²) in [5, 5.41) is 10.2. The standard InChI is InChI=1S/C20H20N4OS/c1-15-21-22-20(26-15)24-13-11-23(12-14-24)19(25)18-9-7-17(8-10-18)16-5-3-2-4-6-16/h2-10H,11-14H2,1H3. The normalized spacial score (nSPS) is 14.5. The van der Waals surface area contributed by atoms with Crippen molar-refractivity contribution in [3.8, 4) is 11.1 Å². The molecule has 0 unspecified atom stereocenters. The highest BCUT2D eigenvalue weighted by atomic mass is 32.1. The molecule has 1 aliphatic rings. The minimum Gasteiger partial charge on any atom is -0.343 e. The molecule has 3 aromatic rings. The molecule has 1 saturated heterocycles. The number of benzene rings is 2. The van der Waals surface area contributed by atoms with Crippen LogP contribution in [0.25, 0.3) is 11.1 Å². The van der Waals surface area contributed by atoms with Crippen molar-refractivity contribution in [3.63, 3.8) is 0 Å². The highest BCUT2D eigenvalue weighted by molar-refractivity contribution is 7.15. The molecule has 1 fully saturated rings. The summed E-state index contributed by atoms with van der Waals surface area (Å²) >= 11 is 1.60. The highest BCUT2D eigenvalue weighted by Gasteiger charge is 2.23. The molecule has 26 heavy (non-hydrogen) atoms. The third-order valence-corrected chi connectivity index (χ3v) is 5.49. The van der Waals surface area contributed by atoms with Crippen molar-refractivity contribution in [2.24, 2.45) is 0 Å². The van der Waals surface area contributed by atoms with E-state index >= 15 is 0 Å². The van der Waals surface area contributed by atoms with Gasteiger partial charge in [-0.1, -0.05) is 53.8 Å². The van der Waals surface area contributed by atoms with E-state index in [0.29, 0.717) is 13.1 Å². The van der Waals surface area contributed by atoms with Gasteiger partial charge in [-0.05, 0) is 30.2 Å². The van der Waals surface area contributed by atoms with Crippen molar-refractivity contribution in [1.82, 2.24) is 15.1 Å². The first-order chi connectivity index (χ1) is 12.7. The molecular formula is C20H20N4OS. The van der Waals surface area contributed by atoms with E-state index in [0.717, 1.165) is 39.9 Å². The van der Waals surface area contributed by atoms with Gasteiger partial charge in [0.15, 0.2) is 0 Å². The molecule has 4 rings (SSSR count). The monoisotopic (exact) mass is 364 g/mol. The van der Waals surface area contributed by atoms with E-state index in [2.05, 4.69) is 27.2 Å². The lowest BCUT2D eigenvalue weighted by Crippen LogP contribution is -2.48. The van der Waals surface area contributed by atoms with Crippen LogP contribution in [-0.2, 0) is 0 Å². The van der Waals surface area contributed by atoms with E-state index in [1.54, 1.807) is 11.3 Å². The molecule has 132 valence electrons. The first-order valence-electron chi connectivity index (χ1n) is 8.70. The first-order valence-corrected chi connectivity index (χ1v) is 9.52. The van der Waals surface area contributed by atoms with Crippen molar-refractivity contribution in [2.75, 3.05) is 31.1 Å². The summed E-state index contributed by atoms with van der Waals surface area (Å²) in [6, 6.07) is 18.1. The fourth-order valence-electron chi connectivity index (χ4n) is 3.13. The molecule has 0 bridgehead atoms. The second kappa shape index (κ2) is 7.25. The SMILES string of the molecule is Cc1nnc(N2CCN(C(=O)c3ccc(-c4ccccc4)cc3)CC2)s1. The number of aromatic nitrogens is 2. The summed E-state index contributed by atoms with van der Waals surface area (Å²) in [4.78, 5) is 16.9. The molecule has 5 nitrogen and oxygen atoms in total. The van der Waals surface area contributed by atoms with E-state index in [-0.39, 0.29) is 5.91 Å². The number of carbonyl (C=O) groups excluding carboxylic acids is 1. The Kier molecular flexibility index (Phi) is 4.67. The lowest BCUT2D eigenvalue weighted by atomic mass is 10.0. The maximum Gasteiger partial charge on any atom is 0.253 e. The predicted molar refractivity (Wildman–Crippen MR) is 105 cm³/mol. The summed E-state index contributed by atoms with van der Waals surface area (Å²) in [7, 11) is 0. The van der Waals surface area contributed by atoms with Crippen molar-refractivity contribution in [3.05, 3.63) is 65.2 Å². The number of rotatable bonds is 3. The van der Waals surface area contributed by atoms with E-state index in [1.165, 1.54) is 0 Å². The zero-order valence-electron chi connectivity index (χ0n) is 14.6. The third kappa shape index (κ3) is 3.46. The fourth-order valence-corrected chi connectivity index (χ4v) is 3.87. The largest absolute Gasteiger partial charge is 0.343 e. The topological polar surface area (TPSA) is 49.3 Å². The molecule has 2 heterocycles. The predicted octanol–water partition coefficient (Wildman–Crippen LogP) is 3.48. The Morgan fingerprint density at radius 3 is 2.15 bits per heavy atom. The molecule has 0 saturated carbocycles. The third-order valence-electron chi connectivity index (χ3n) is 4.59. The Morgan fingerprint density at radius 2 is 1.54 bits per heavy atom. The van der Waals surface area contributed by atoms with Gasteiger partial charge in [-0.15, -0.1) is 10.2 Å². The smallest absolute Gasteiger partial charge is 0.253 e. The van der Waals surface area contributed by atoms with Gasteiger partial charge >= 0.3 is 0 Å². The zero-order valence-corrected chi connectivity index (χ0v) is 15.4. The Balaban J connectivity index is 1.40. The molecule has 1 amide bonds. The average Bonchev–Trinajstić information content (AvgIpc) is 3.15. The maximum absolute atomic E-state index is 12.8. The number of nitrogens with zero attached hydrogens (tertiary/aromatic N) is 4. The second-order valence-electron chi connectivity index (χ2n) is 6.33. The molecular weight excluding hydrogens is 344 g/mol. The van der Waals surface area contributed by atoms with Crippen molar-refractivity contribution < 1.29 is 4.79 Å². The van der Waals surface area contributed by atoms with Gasteiger partial charge in [-0.3, -0.25) is 4.79 Å². The quantitative estimate of drug-likeness (QED) is 0.714. The Bertz CT molecular complexity index is 884. The van der Waals surface area contributed by atoms with Crippen LogP contribution in [0.15, 0.2) is 54.6 Å². The van der Waals surface area contributed by atoms with Crippen LogP contribution in [0, 0.1) is 6.92 Å². The van der Waals surface area contributed by atoms with Crippen LogP contribution < -0.4 is 4.90 Å². The summed E-state index contributed by atoms with van der Waals surface area (Å²) in [6.45, 7) is 4.96. The average molecular weight is 364 g/mol. The van der Waals surface area contributed by atoms with Crippen LogP contribution in [0.5, 0.6) is 0 Å². The molecule has 1 aliphatic heterocycles. The van der Waals surface area contributed by atoms with Gasteiger partial charge in [-0.25, -0.2) is 0 Å². The minimum atomic E-state index is 0.0951. The van der Waals surface area contributed by atoms with E-state index in [4.69, 9.17) is 0 Å². The molecule has 0 aliphatic carbocycles. The van der Waals surface area contributed by atoms with Crippen molar-refractivity contribution in [2.45, 2.75) is 6.92 Å². The number of aryl methyl sites for hydroxylation is 1.